The minimum Gasteiger partial charge on any atom is -0.478 e. The molecular weight excluding hydrogens is 338 g/mol. The lowest BCUT2D eigenvalue weighted by Gasteiger charge is -2.26. The first-order valence-corrected chi connectivity index (χ1v) is 8.46. The predicted molar refractivity (Wildman–Crippen MR) is 96.7 cm³/mol. The number of hydrogen-bond acceptors (Lipinski definition) is 6. The molecule has 1 saturated heterocycles. The SMILES string of the molecule is CC(C)(CC(=O)Nc1cncc(C(=O)O)c1N)NC(=O)C[C@@H]1CCNC1. The van der Waals surface area contributed by atoms with Gasteiger partial charge in [0.15, 0.2) is 0 Å². The molecule has 1 atom stereocenters. The van der Waals surface area contributed by atoms with Crippen LogP contribution in [-0.4, -0.2) is 46.5 Å². The third-order valence-corrected chi connectivity index (χ3v) is 4.21. The second-order valence-electron chi connectivity index (χ2n) is 7.17. The van der Waals surface area contributed by atoms with Gasteiger partial charge in [0.2, 0.25) is 11.8 Å². The fourth-order valence-electron chi connectivity index (χ4n) is 2.96. The predicted octanol–water partition coefficient (Wildman–Crippen LogP) is 0.585. The summed E-state index contributed by atoms with van der Waals surface area (Å²) in [6, 6.07) is 0. The van der Waals surface area contributed by atoms with E-state index in [1.54, 1.807) is 13.8 Å². The molecule has 0 unspecified atom stereocenters. The van der Waals surface area contributed by atoms with Gasteiger partial charge < -0.3 is 26.8 Å². The Morgan fingerprint density at radius 1 is 1.35 bits per heavy atom. The van der Waals surface area contributed by atoms with Crippen LogP contribution >= 0.6 is 0 Å². The number of carbonyl (C=O) groups excluding carboxylic acids is 2. The number of rotatable bonds is 7. The lowest BCUT2D eigenvalue weighted by atomic mass is 9.98. The molecular formula is C17H25N5O4. The smallest absolute Gasteiger partial charge is 0.339 e. The van der Waals surface area contributed by atoms with Crippen molar-refractivity contribution >= 4 is 29.2 Å². The van der Waals surface area contributed by atoms with E-state index in [4.69, 9.17) is 10.8 Å². The number of pyridine rings is 1. The van der Waals surface area contributed by atoms with E-state index >= 15 is 0 Å². The number of nitrogen functional groups attached to an aromatic ring is 1. The molecule has 0 aromatic carbocycles. The van der Waals surface area contributed by atoms with E-state index in [-0.39, 0.29) is 29.3 Å². The van der Waals surface area contributed by atoms with Crippen molar-refractivity contribution in [3.05, 3.63) is 18.0 Å². The van der Waals surface area contributed by atoms with Crippen LogP contribution < -0.4 is 21.7 Å². The number of nitrogens with one attached hydrogen (secondary N) is 3. The van der Waals surface area contributed by atoms with Gasteiger partial charge in [0, 0.05) is 24.6 Å². The zero-order chi connectivity index (χ0) is 19.3. The van der Waals surface area contributed by atoms with Gasteiger partial charge in [-0.05, 0) is 39.3 Å². The molecule has 9 nitrogen and oxygen atoms in total. The number of aromatic carboxylic acids is 1. The minimum absolute atomic E-state index is 0.0123. The third-order valence-electron chi connectivity index (χ3n) is 4.21. The van der Waals surface area contributed by atoms with Crippen molar-refractivity contribution in [3.8, 4) is 0 Å². The van der Waals surface area contributed by atoms with Gasteiger partial charge in [-0.3, -0.25) is 14.6 Å². The van der Waals surface area contributed by atoms with Crippen LogP contribution in [0.5, 0.6) is 0 Å². The molecule has 6 N–H and O–H groups in total. The molecule has 1 aliphatic rings. The maximum atomic E-state index is 12.3. The van der Waals surface area contributed by atoms with Crippen molar-refractivity contribution in [3.63, 3.8) is 0 Å². The van der Waals surface area contributed by atoms with E-state index < -0.39 is 17.4 Å². The summed E-state index contributed by atoms with van der Waals surface area (Å²) in [6.07, 6.45) is 3.82. The summed E-state index contributed by atoms with van der Waals surface area (Å²) in [5.74, 6) is -1.39. The largest absolute Gasteiger partial charge is 0.478 e. The Kier molecular flexibility index (Phi) is 6.14. The first-order chi connectivity index (χ1) is 12.2. The van der Waals surface area contributed by atoms with E-state index in [1.165, 1.54) is 6.20 Å². The monoisotopic (exact) mass is 363 g/mol. The first-order valence-electron chi connectivity index (χ1n) is 8.46. The number of nitrogens with two attached hydrogens (primary N) is 1. The molecule has 1 fully saturated rings. The molecule has 142 valence electrons. The van der Waals surface area contributed by atoms with E-state index in [0.29, 0.717) is 12.3 Å². The van der Waals surface area contributed by atoms with Gasteiger partial charge in [0.25, 0.3) is 0 Å². The molecule has 2 rings (SSSR count). The van der Waals surface area contributed by atoms with Gasteiger partial charge >= 0.3 is 5.97 Å². The molecule has 1 aromatic heterocycles. The molecule has 0 bridgehead atoms. The van der Waals surface area contributed by atoms with Crippen molar-refractivity contribution in [1.82, 2.24) is 15.6 Å². The summed E-state index contributed by atoms with van der Waals surface area (Å²) < 4.78 is 0. The van der Waals surface area contributed by atoms with Crippen LogP contribution in [0.2, 0.25) is 0 Å². The first kappa shape index (κ1) is 19.6. The highest BCUT2D eigenvalue weighted by molar-refractivity contribution is 6.01. The summed E-state index contributed by atoms with van der Waals surface area (Å²) in [4.78, 5) is 39.3. The van der Waals surface area contributed by atoms with Crippen LogP contribution in [0.4, 0.5) is 11.4 Å². The fraction of sp³-hybridized carbons (Fsp3) is 0.529. The Morgan fingerprint density at radius 3 is 2.69 bits per heavy atom. The number of hydrogen-bond donors (Lipinski definition) is 5. The molecule has 2 heterocycles. The minimum atomic E-state index is -1.22. The van der Waals surface area contributed by atoms with E-state index in [2.05, 4.69) is 20.9 Å². The van der Waals surface area contributed by atoms with Crippen LogP contribution in [0.3, 0.4) is 0 Å². The number of carboxylic acid groups (broad SMARTS) is 1. The Labute approximate surface area is 151 Å². The van der Waals surface area contributed by atoms with Crippen LogP contribution in [0.25, 0.3) is 0 Å². The van der Waals surface area contributed by atoms with Crippen molar-refractivity contribution in [2.45, 2.75) is 38.6 Å². The van der Waals surface area contributed by atoms with Crippen LogP contribution in [0.15, 0.2) is 12.4 Å². The third kappa shape index (κ3) is 5.41. The summed E-state index contributed by atoms with van der Waals surface area (Å²) in [5.41, 5.74) is 4.90. The number of amides is 2. The van der Waals surface area contributed by atoms with Gasteiger partial charge in [0.05, 0.1) is 17.6 Å². The summed E-state index contributed by atoms with van der Waals surface area (Å²) >= 11 is 0. The fourth-order valence-corrected chi connectivity index (χ4v) is 2.96. The average molecular weight is 363 g/mol. The number of nitrogens with zero attached hydrogens (tertiary/aromatic N) is 1. The van der Waals surface area contributed by atoms with Gasteiger partial charge in [-0.1, -0.05) is 0 Å². The Bertz CT molecular complexity index is 698. The topological polar surface area (TPSA) is 146 Å². The molecule has 0 saturated carbocycles. The molecule has 0 radical (unpaired) electrons. The van der Waals surface area contributed by atoms with Gasteiger partial charge in [-0.15, -0.1) is 0 Å². The van der Waals surface area contributed by atoms with Crippen molar-refractivity contribution in [2.75, 3.05) is 24.1 Å². The van der Waals surface area contributed by atoms with Crippen molar-refractivity contribution in [1.29, 1.82) is 0 Å². The maximum absolute atomic E-state index is 12.3. The lowest BCUT2D eigenvalue weighted by molar-refractivity contribution is -0.124. The Morgan fingerprint density at radius 2 is 2.08 bits per heavy atom. The van der Waals surface area contributed by atoms with Gasteiger partial charge in [0.1, 0.15) is 5.56 Å². The van der Waals surface area contributed by atoms with E-state index in [1.807, 2.05) is 0 Å². The van der Waals surface area contributed by atoms with Crippen molar-refractivity contribution in [2.24, 2.45) is 5.92 Å². The zero-order valence-electron chi connectivity index (χ0n) is 15.0. The van der Waals surface area contributed by atoms with Crippen molar-refractivity contribution < 1.29 is 19.5 Å². The standard InChI is InChI=1S/C17H25N5O4/c1-17(2,22-13(23)5-10-3-4-19-7-10)6-14(24)21-12-9-20-8-11(15(12)18)16(25)26/h8-10,19H,3-7H2,1-2H3,(H2,18,20)(H,21,24)(H,22,23)(H,25,26)/t10-/m0/s1. The second-order valence-corrected chi connectivity index (χ2v) is 7.17. The maximum Gasteiger partial charge on any atom is 0.339 e. The highest BCUT2D eigenvalue weighted by atomic mass is 16.4. The highest BCUT2D eigenvalue weighted by Crippen LogP contribution is 2.22. The van der Waals surface area contributed by atoms with E-state index in [9.17, 15) is 14.4 Å². The number of aromatic nitrogens is 1. The molecule has 9 heteroatoms. The zero-order valence-corrected chi connectivity index (χ0v) is 15.0. The molecule has 2 amide bonds. The second kappa shape index (κ2) is 8.13. The molecule has 1 aliphatic heterocycles. The van der Waals surface area contributed by atoms with Gasteiger partial charge in [-0.2, -0.15) is 0 Å². The Balaban J connectivity index is 1.92. The van der Waals surface area contributed by atoms with E-state index in [0.717, 1.165) is 25.7 Å². The quantitative estimate of drug-likeness (QED) is 0.476. The van der Waals surface area contributed by atoms with Crippen LogP contribution in [0.1, 0.15) is 43.5 Å². The average Bonchev–Trinajstić information content (AvgIpc) is 3.00. The van der Waals surface area contributed by atoms with Crippen LogP contribution in [-0.2, 0) is 9.59 Å². The summed E-state index contributed by atoms with van der Waals surface area (Å²) in [6.45, 7) is 5.27. The number of carboxylic acids is 1. The van der Waals surface area contributed by atoms with Crippen LogP contribution in [0, 0.1) is 5.92 Å². The van der Waals surface area contributed by atoms with Gasteiger partial charge in [-0.25, -0.2) is 4.79 Å². The molecule has 0 spiro atoms. The molecule has 1 aromatic rings. The summed E-state index contributed by atoms with van der Waals surface area (Å²) in [5, 5.41) is 17.7. The lowest BCUT2D eigenvalue weighted by Crippen LogP contribution is -2.46. The molecule has 0 aliphatic carbocycles. The normalized spacial score (nSPS) is 16.9. The highest BCUT2D eigenvalue weighted by Gasteiger charge is 2.27. The number of carbonyl (C=O) groups is 3. The number of anilines is 2. The summed E-state index contributed by atoms with van der Waals surface area (Å²) in [7, 11) is 0. The Hall–Kier alpha value is -2.68. The molecule has 26 heavy (non-hydrogen) atoms.